The maximum absolute atomic E-state index is 5.09. The molecule has 0 unspecified atom stereocenters. The summed E-state index contributed by atoms with van der Waals surface area (Å²) in [6.07, 6.45) is 3.44. The Kier molecular flexibility index (Phi) is 2.79. The topological polar surface area (TPSA) is 35.0 Å². The Labute approximate surface area is 93.9 Å². The molecule has 0 atom stereocenters. The maximum Gasteiger partial charge on any atom is 0.137 e. The van der Waals surface area contributed by atoms with E-state index in [-0.39, 0.29) is 0 Å². The first-order valence-electron chi connectivity index (χ1n) is 3.90. The van der Waals surface area contributed by atoms with Gasteiger partial charge in [0.2, 0.25) is 0 Å². The molecule has 0 aliphatic heterocycles. The predicted molar refractivity (Wildman–Crippen MR) is 59.6 cm³/mol. The normalized spacial score (nSPS) is 10.1. The van der Waals surface area contributed by atoms with Gasteiger partial charge in [0.1, 0.15) is 15.4 Å². The van der Waals surface area contributed by atoms with Crippen LogP contribution in [0, 0.1) is 0 Å². The lowest BCUT2D eigenvalue weighted by molar-refractivity contribution is 0.413. The molecule has 0 aliphatic carbocycles. The fourth-order valence-corrected chi connectivity index (χ4v) is 2.27. The second kappa shape index (κ2) is 4.06. The maximum atomic E-state index is 5.09. The van der Waals surface area contributed by atoms with Crippen molar-refractivity contribution in [1.29, 1.82) is 0 Å². The van der Waals surface area contributed by atoms with Crippen LogP contribution < -0.4 is 4.74 Å². The first-order valence-corrected chi connectivity index (χ1v) is 5.57. The van der Waals surface area contributed by atoms with Gasteiger partial charge in [-0.05, 0) is 22.0 Å². The van der Waals surface area contributed by atoms with Crippen LogP contribution in [0.4, 0.5) is 0 Å². The number of nitrogens with zero attached hydrogens (tertiary/aromatic N) is 2. The number of methoxy groups -OCH3 is 1. The SMILES string of the molecule is COc1cncc(-c2nc(Br)cs2)c1. The number of ether oxygens (including phenoxy) is 1. The summed E-state index contributed by atoms with van der Waals surface area (Å²) in [6, 6.07) is 1.91. The summed E-state index contributed by atoms with van der Waals surface area (Å²) in [5.41, 5.74) is 0.972. The van der Waals surface area contributed by atoms with Gasteiger partial charge in [-0.1, -0.05) is 0 Å². The van der Waals surface area contributed by atoms with Gasteiger partial charge in [0.25, 0.3) is 0 Å². The van der Waals surface area contributed by atoms with Crippen molar-refractivity contribution >= 4 is 27.3 Å². The highest BCUT2D eigenvalue weighted by Crippen LogP contribution is 2.27. The Morgan fingerprint density at radius 1 is 1.43 bits per heavy atom. The zero-order valence-electron chi connectivity index (χ0n) is 7.40. The number of hydrogen-bond donors (Lipinski definition) is 0. The largest absolute Gasteiger partial charge is 0.495 e. The molecule has 2 heterocycles. The first kappa shape index (κ1) is 9.61. The summed E-state index contributed by atoms with van der Waals surface area (Å²) in [7, 11) is 1.62. The number of thiazole rings is 1. The molecule has 0 aromatic carbocycles. The van der Waals surface area contributed by atoms with Crippen LogP contribution in [-0.2, 0) is 0 Å². The minimum atomic E-state index is 0.744. The summed E-state index contributed by atoms with van der Waals surface area (Å²) in [4.78, 5) is 8.36. The van der Waals surface area contributed by atoms with Gasteiger partial charge in [-0.15, -0.1) is 11.3 Å². The Bertz CT molecular complexity index is 444. The van der Waals surface area contributed by atoms with Crippen LogP contribution in [0.15, 0.2) is 28.4 Å². The summed E-state index contributed by atoms with van der Waals surface area (Å²) in [6.45, 7) is 0. The van der Waals surface area contributed by atoms with E-state index in [1.165, 1.54) is 0 Å². The number of halogens is 1. The van der Waals surface area contributed by atoms with Crippen molar-refractivity contribution in [3.8, 4) is 16.3 Å². The number of aromatic nitrogens is 2. The molecule has 3 nitrogen and oxygen atoms in total. The van der Waals surface area contributed by atoms with E-state index in [9.17, 15) is 0 Å². The lowest BCUT2D eigenvalue weighted by atomic mass is 10.3. The lowest BCUT2D eigenvalue weighted by Crippen LogP contribution is -1.85. The lowest BCUT2D eigenvalue weighted by Gasteiger charge is -1.99. The van der Waals surface area contributed by atoms with Gasteiger partial charge in [-0.25, -0.2) is 4.98 Å². The van der Waals surface area contributed by atoms with Crippen LogP contribution in [0.1, 0.15) is 0 Å². The third-order valence-electron chi connectivity index (χ3n) is 1.67. The van der Waals surface area contributed by atoms with Gasteiger partial charge < -0.3 is 4.74 Å². The van der Waals surface area contributed by atoms with E-state index in [0.717, 1.165) is 20.9 Å². The number of pyridine rings is 1. The third-order valence-corrected chi connectivity index (χ3v) is 3.27. The molecule has 0 saturated heterocycles. The molecule has 0 aliphatic rings. The minimum absolute atomic E-state index is 0.744. The Balaban J connectivity index is 2.41. The van der Waals surface area contributed by atoms with E-state index in [0.29, 0.717) is 0 Å². The van der Waals surface area contributed by atoms with Crippen molar-refractivity contribution in [1.82, 2.24) is 9.97 Å². The fourth-order valence-electron chi connectivity index (χ4n) is 1.03. The standard InChI is InChI=1S/C9H7BrN2OS/c1-13-7-2-6(3-11-4-7)9-12-8(10)5-14-9/h2-5H,1H3. The van der Waals surface area contributed by atoms with Crippen LogP contribution in [0.5, 0.6) is 5.75 Å². The molecule has 72 valence electrons. The summed E-state index contributed by atoms with van der Waals surface area (Å²) >= 11 is 4.88. The monoisotopic (exact) mass is 270 g/mol. The van der Waals surface area contributed by atoms with Crippen LogP contribution in [0.25, 0.3) is 10.6 Å². The second-order valence-corrected chi connectivity index (χ2v) is 4.26. The molecule has 2 aromatic heterocycles. The molecule has 2 rings (SSSR count). The van der Waals surface area contributed by atoms with E-state index in [1.54, 1.807) is 30.8 Å². The molecular formula is C9H7BrN2OS. The predicted octanol–water partition coefficient (Wildman–Crippen LogP) is 2.98. The Morgan fingerprint density at radius 2 is 2.29 bits per heavy atom. The molecule has 0 radical (unpaired) electrons. The average molecular weight is 271 g/mol. The van der Waals surface area contributed by atoms with Gasteiger partial charge in [0.05, 0.1) is 13.3 Å². The van der Waals surface area contributed by atoms with Crippen molar-refractivity contribution in [2.45, 2.75) is 0 Å². The molecule has 0 N–H and O–H groups in total. The second-order valence-electron chi connectivity index (χ2n) is 2.59. The Hall–Kier alpha value is -0.940. The summed E-state index contributed by atoms with van der Waals surface area (Å²) < 4.78 is 5.93. The zero-order valence-corrected chi connectivity index (χ0v) is 9.80. The van der Waals surface area contributed by atoms with Crippen molar-refractivity contribution < 1.29 is 4.74 Å². The number of rotatable bonds is 2. The molecule has 0 bridgehead atoms. The highest BCUT2D eigenvalue weighted by molar-refractivity contribution is 9.10. The van der Waals surface area contributed by atoms with Crippen LogP contribution in [0.3, 0.4) is 0 Å². The van der Waals surface area contributed by atoms with Gasteiger partial charge in [0.15, 0.2) is 0 Å². The molecule has 0 saturated carbocycles. The Morgan fingerprint density at radius 3 is 2.93 bits per heavy atom. The van der Waals surface area contributed by atoms with Crippen molar-refractivity contribution in [3.05, 3.63) is 28.4 Å². The van der Waals surface area contributed by atoms with Crippen molar-refractivity contribution in [2.75, 3.05) is 7.11 Å². The molecule has 0 spiro atoms. The van der Waals surface area contributed by atoms with Crippen LogP contribution in [-0.4, -0.2) is 17.1 Å². The smallest absolute Gasteiger partial charge is 0.137 e. The van der Waals surface area contributed by atoms with Crippen LogP contribution >= 0.6 is 27.3 Å². The quantitative estimate of drug-likeness (QED) is 0.842. The third kappa shape index (κ3) is 1.93. The molecule has 2 aromatic rings. The minimum Gasteiger partial charge on any atom is -0.495 e. The first-order chi connectivity index (χ1) is 6.79. The van der Waals surface area contributed by atoms with Crippen molar-refractivity contribution in [2.24, 2.45) is 0 Å². The highest BCUT2D eigenvalue weighted by atomic mass is 79.9. The number of hydrogen-bond acceptors (Lipinski definition) is 4. The fraction of sp³-hybridized carbons (Fsp3) is 0.111. The molecular weight excluding hydrogens is 264 g/mol. The molecule has 0 fully saturated rings. The van der Waals surface area contributed by atoms with E-state index in [1.807, 2.05) is 11.4 Å². The van der Waals surface area contributed by atoms with E-state index in [4.69, 9.17) is 4.74 Å². The highest BCUT2D eigenvalue weighted by Gasteiger charge is 2.04. The van der Waals surface area contributed by atoms with Crippen LogP contribution in [0.2, 0.25) is 0 Å². The zero-order chi connectivity index (χ0) is 9.97. The van der Waals surface area contributed by atoms with Gasteiger partial charge in [-0.2, -0.15) is 0 Å². The van der Waals surface area contributed by atoms with Gasteiger partial charge >= 0.3 is 0 Å². The van der Waals surface area contributed by atoms with E-state index in [2.05, 4.69) is 25.9 Å². The summed E-state index contributed by atoms with van der Waals surface area (Å²) in [5, 5.41) is 2.87. The van der Waals surface area contributed by atoms with Crippen molar-refractivity contribution in [3.63, 3.8) is 0 Å². The van der Waals surface area contributed by atoms with E-state index < -0.39 is 0 Å². The van der Waals surface area contributed by atoms with Gasteiger partial charge in [0, 0.05) is 17.1 Å². The average Bonchev–Trinajstić information content (AvgIpc) is 2.65. The van der Waals surface area contributed by atoms with Gasteiger partial charge in [-0.3, -0.25) is 4.98 Å². The molecule has 14 heavy (non-hydrogen) atoms. The van der Waals surface area contributed by atoms with E-state index >= 15 is 0 Å². The molecule has 5 heteroatoms. The summed E-state index contributed by atoms with van der Waals surface area (Å²) in [5.74, 6) is 0.744. The molecule has 0 amide bonds.